The average Bonchev–Trinajstić information content (AvgIpc) is 3.21. The third-order valence-corrected chi connectivity index (χ3v) is 9.19. The van der Waals surface area contributed by atoms with Gasteiger partial charge in [0.15, 0.2) is 29.3 Å². The number of phenols is 4. The molecule has 0 saturated carbocycles. The molecule has 2 heterocycles. The Balaban J connectivity index is 1.40. The van der Waals surface area contributed by atoms with Gasteiger partial charge in [-0.1, -0.05) is 42.5 Å². The van der Waals surface area contributed by atoms with Crippen LogP contribution in [0.25, 0.3) is 6.08 Å². The van der Waals surface area contributed by atoms with E-state index in [1.807, 2.05) is 6.07 Å². The number of esters is 3. The second-order valence-corrected chi connectivity index (χ2v) is 13.2. The zero-order valence-electron chi connectivity index (χ0n) is 30.9. The number of rotatable bonds is 16. The summed E-state index contributed by atoms with van der Waals surface area (Å²) in [5, 5.41) is 80.0. The summed E-state index contributed by atoms with van der Waals surface area (Å²) < 4.78 is 33.5. The van der Waals surface area contributed by atoms with Crippen molar-refractivity contribution in [1.82, 2.24) is 0 Å². The maximum absolute atomic E-state index is 13.6. The fourth-order valence-corrected chi connectivity index (χ4v) is 6.01. The fourth-order valence-electron chi connectivity index (χ4n) is 6.01. The first-order chi connectivity index (χ1) is 27.8. The summed E-state index contributed by atoms with van der Waals surface area (Å²) in [7, 11) is 0. The topological polar surface area (TPSA) is 268 Å². The van der Waals surface area contributed by atoms with Gasteiger partial charge in [-0.15, -0.1) is 0 Å². The van der Waals surface area contributed by atoms with Gasteiger partial charge < -0.3 is 69.3 Å². The number of hydrogen-bond acceptors (Lipinski definition) is 17. The second kappa shape index (κ2) is 20.5. The van der Waals surface area contributed by atoms with Crippen LogP contribution in [0.15, 0.2) is 96.3 Å². The Kier molecular flexibility index (Phi) is 15.2. The molecule has 0 spiro atoms. The Hall–Kier alpha value is -5.95. The van der Waals surface area contributed by atoms with Crippen LogP contribution in [0.4, 0.5) is 0 Å². The number of aromatic hydroxyl groups is 4. The minimum atomic E-state index is -1.86. The summed E-state index contributed by atoms with van der Waals surface area (Å²) in [6, 6.07) is 17.1. The largest absolute Gasteiger partial charge is 0.504 e. The highest BCUT2D eigenvalue weighted by atomic mass is 16.8. The Morgan fingerprint density at radius 3 is 2.00 bits per heavy atom. The van der Waals surface area contributed by atoms with Gasteiger partial charge >= 0.3 is 17.9 Å². The van der Waals surface area contributed by atoms with Crippen LogP contribution in [-0.4, -0.2) is 122 Å². The Morgan fingerprint density at radius 1 is 0.741 bits per heavy atom. The van der Waals surface area contributed by atoms with Crippen LogP contribution >= 0.6 is 0 Å². The van der Waals surface area contributed by atoms with Crippen molar-refractivity contribution in [3.8, 4) is 23.0 Å². The fraction of sp³-hybridized carbons (Fsp3) is 0.341. The summed E-state index contributed by atoms with van der Waals surface area (Å²) in [6.45, 7) is -1.60. The highest BCUT2D eigenvalue weighted by Crippen LogP contribution is 2.37. The van der Waals surface area contributed by atoms with Gasteiger partial charge in [-0.25, -0.2) is 9.59 Å². The molecular formula is C41H44O17. The van der Waals surface area contributed by atoms with Crippen molar-refractivity contribution in [3.63, 3.8) is 0 Å². The molecule has 0 unspecified atom stereocenters. The summed E-state index contributed by atoms with van der Waals surface area (Å²) in [5.74, 6) is -5.17. The smallest absolute Gasteiger partial charge is 0.337 e. The number of ether oxygens (including phenoxy) is 6. The van der Waals surface area contributed by atoms with Crippen molar-refractivity contribution in [1.29, 1.82) is 0 Å². The highest BCUT2D eigenvalue weighted by molar-refractivity contribution is 5.91. The van der Waals surface area contributed by atoms with E-state index in [0.29, 0.717) is 11.1 Å². The number of carbonyl (C=O) groups is 3. The van der Waals surface area contributed by atoms with Crippen LogP contribution in [0, 0.1) is 5.92 Å². The summed E-state index contributed by atoms with van der Waals surface area (Å²) >= 11 is 0. The molecule has 2 aliphatic rings. The first-order valence-electron chi connectivity index (χ1n) is 18.1. The molecule has 3 aromatic carbocycles. The number of benzene rings is 3. The van der Waals surface area contributed by atoms with E-state index < -0.39 is 80.5 Å². The summed E-state index contributed by atoms with van der Waals surface area (Å²) in [5.41, 5.74) is 1.58. The van der Waals surface area contributed by atoms with E-state index in [0.717, 1.165) is 11.8 Å². The number of hydrogen-bond donors (Lipinski definition) is 8. The lowest BCUT2D eigenvalue weighted by atomic mass is 9.86. The van der Waals surface area contributed by atoms with Gasteiger partial charge in [0.05, 0.1) is 38.1 Å². The van der Waals surface area contributed by atoms with Crippen molar-refractivity contribution in [2.75, 3.05) is 26.4 Å². The molecule has 310 valence electrons. The van der Waals surface area contributed by atoms with E-state index in [4.69, 9.17) is 28.4 Å². The van der Waals surface area contributed by atoms with Crippen molar-refractivity contribution >= 4 is 24.0 Å². The van der Waals surface area contributed by atoms with E-state index in [1.165, 1.54) is 54.6 Å². The van der Waals surface area contributed by atoms with Crippen LogP contribution in [0.1, 0.15) is 23.1 Å². The number of phenolic OH excluding ortho intramolecular Hbond substituents is 4. The quantitative estimate of drug-likeness (QED) is 0.0336. The van der Waals surface area contributed by atoms with Gasteiger partial charge in [-0.05, 0) is 53.1 Å². The molecule has 7 atom stereocenters. The van der Waals surface area contributed by atoms with Gasteiger partial charge in [0.25, 0.3) is 0 Å². The molecule has 3 aromatic rings. The predicted molar refractivity (Wildman–Crippen MR) is 199 cm³/mol. The number of aliphatic hydroxyl groups is 4. The molecular weight excluding hydrogens is 764 g/mol. The van der Waals surface area contributed by atoms with Crippen LogP contribution in [0.2, 0.25) is 0 Å². The van der Waals surface area contributed by atoms with Crippen molar-refractivity contribution in [2.24, 2.45) is 5.92 Å². The molecule has 1 fully saturated rings. The standard InChI is InChI=1S/C41H44O17/c42-21-33-36(49)37(50)38(51)41(57-33)58-40-26(14-17-53-34(47)11-8-23-4-2-1-3-5-23)27(20-35(48)54-15-12-24-6-9-29(43)31(45)18-24)28(22-56-40)39(52)55-16-13-25-7-10-30(44)32(46)19-25/h1-11,14,18-19,22,27,33,36-38,40-46,49-51H,12-13,15-17,20-21H2/b11-8+,26-14-/t27-,33-,36-,37+,38-,40-,41+/m1/s1. The second-order valence-electron chi connectivity index (χ2n) is 13.2. The summed E-state index contributed by atoms with van der Waals surface area (Å²) in [6.07, 6.45) is -5.35. The molecule has 0 amide bonds. The number of aliphatic hydroxyl groups excluding tert-OH is 4. The lowest BCUT2D eigenvalue weighted by Gasteiger charge is -2.42. The number of carbonyl (C=O) groups excluding carboxylic acids is 3. The molecule has 17 heteroatoms. The lowest BCUT2D eigenvalue weighted by molar-refractivity contribution is -0.327. The van der Waals surface area contributed by atoms with E-state index >= 15 is 0 Å². The van der Waals surface area contributed by atoms with Crippen molar-refractivity contribution < 1.29 is 83.7 Å². The van der Waals surface area contributed by atoms with Crippen molar-refractivity contribution in [2.45, 2.75) is 56.3 Å². The molecule has 0 aliphatic carbocycles. The molecule has 17 nitrogen and oxygen atoms in total. The van der Waals surface area contributed by atoms with Gasteiger partial charge in [-0.2, -0.15) is 0 Å². The Morgan fingerprint density at radius 2 is 1.38 bits per heavy atom. The third-order valence-electron chi connectivity index (χ3n) is 9.19. The predicted octanol–water partition coefficient (Wildman–Crippen LogP) is 1.63. The van der Waals surface area contributed by atoms with Gasteiger partial charge in [0.2, 0.25) is 6.29 Å². The molecule has 0 bridgehead atoms. The maximum Gasteiger partial charge on any atom is 0.337 e. The minimum absolute atomic E-state index is 0.00453. The van der Waals surface area contributed by atoms with E-state index in [1.54, 1.807) is 24.3 Å². The van der Waals surface area contributed by atoms with Gasteiger partial charge in [0, 0.05) is 30.4 Å². The van der Waals surface area contributed by atoms with Gasteiger partial charge in [-0.3, -0.25) is 4.79 Å². The Bertz CT molecular complexity index is 1970. The Labute approximate surface area is 331 Å². The van der Waals surface area contributed by atoms with Crippen LogP contribution in [0.3, 0.4) is 0 Å². The molecule has 2 aliphatic heterocycles. The van der Waals surface area contributed by atoms with E-state index in [9.17, 15) is 55.2 Å². The average molecular weight is 809 g/mol. The minimum Gasteiger partial charge on any atom is -0.504 e. The first-order valence-corrected chi connectivity index (χ1v) is 18.1. The molecule has 0 aromatic heterocycles. The van der Waals surface area contributed by atoms with Gasteiger partial charge in [0.1, 0.15) is 31.0 Å². The first kappa shape index (κ1) is 43.2. The van der Waals surface area contributed by atoms with Crippen LogP contribution in [-0.2, 0) is 55.6 Å². The van der Waals surface area contributed by atoms with E-state index in [-0.39, 0.29) is 60.2 Å². The highest BCUT2D eigenvalue weighted by Gasteiger charge is 2.47. The maximum atomic E-state index is 13.6. The van der Waals surface area contributed by atoms with Crippen molar-refractivity contribution in [3.05, 3.63) is 113 Å². The molecule has 0 radical (unpaired) electrons. The molecule has 58 heavy (non-hydrogen) atoms. The molecule has 5 rings (SSSR count). The van der Waals surface area contributed by atoms with E-state index in [2.05, 4.69) is 0 Å². The monoisotopic (exact) mass is 808 g/mol. The summed E-state index contributed by atoms with van der Waals surface area (Å²) in [4.78, 5) is 39.7. The molecule has 8 N–H and O–H groups in total. The zero-order chi connectivity index (χ0) is 41.8. The lowest BCUT2D eigenvalue weighted by Crippen LogP contribution is -2.60. The normalized spacial score (nSPS) is 23.8. The van der Waals surface area contributed by atoms with Crippen LogP contribution < -0.4 is 0 Å². The SMILES string of the molecule is O=C(/C=C/c1ccccc1)OC/C=C1\[C@@H](O[C@@H]2O[C@H](CO)[C@@H](O)[C@H](O)[C@H]2O)OC=C(C(=O)OCCc2ccc(O)c(O)c2)[C@@H]1CC(=O)OCCc1ccc(O)c(O)c1. The zero-order valence-corrected chi connectivity index (χ0v) is 30.9. The van der Waals surface area contributed by atoms with Crippen LogP contribution in [0.5, 0.6) is 23.0 Å². The molecule has 1 saturated heterocycles. The third kappa shape index (κ3) is 11.6.